The van der Waals surface area contributed by atoms with Crippen molar-refractivity contribution < 1.29 is 32.7 Å². The van der Waals surface area contributed by atoms with Gasteiger partial charge in [0.25, 0.3) is 0 Å². The van der Waals surface area contributed by atoms with Crippen molar-refractivity contribution in [2.24, 2.45) is 0 Å². The Morgan fingerprint density at radius 2 is 1.56 bits per heavy atom. The van der Waals surface area contributed by atoms with Crippen LogP contribution in [-0.2, 0) is 32.7 Å². The number of hydrogen-bond donors (Lipinski definition) is 0. The molecule has 0 atom stereocenters. The van der Waals surface area contributed by atoms with E-state index < -0.39 is 0 Å². The Morgan fingerprint density at radius 1 is 1.44 bits per heavy atom. The van der Waals surface area contributed by atoms with Crippen molar-refractivity contribution in [1.29, 1.82) is 0 Å². The molecule has 0 saturated heterocycles. The van der Waals surface area contributed by atoms with Crippen molar-refractivity contribution >= 4 is 5.71 Å². The molecule has 0 aliphatic heterocycles. The van der Waals surface area contributed by atoms with Crippen LogP contribution in [-0.4, -0.2) is 5.71 Å². The Kier molecular flexibility index (Phi) is 29.0. The largest absolute Gasteiger partial charge is 3.00 e. The van der Waals surface area contributed by atoms with Gasteiger partial charge >= 0.3 is 32.7 Å². The monoisotopic (exact) mass is 202 g/mol. The third-order valence-corrected chi connectivity index (χ3v) is 0.408. The van der Waals surface area contributed by atoms with Gasteiger partial charge in [-0.15, -0.1) is 0 Å². The van der Waals surface area contributed by atoms with Crippen LogP contribution < -0.4 is 0 Å². The van der Waals surface area contributed by atoms with E-state index in [2.05, 4.69) is 20.3 Å². The Bertz CT molecular complexity index is 46.9. The average molecular weight is 202 g/mol. The van der Waals surface area contributed by atoms with Crippen LogP contribution >= 0.6 is 0 Å². The van der Waals surface area contributed by atoms with Gasteiger partial charge < -0.3 is 11.8 Å². The molecule has 0 radical (unpaired) electrons. The zero-order valence-electron chi connectivity index (χ0n) is 6.81. The van der Waals surface area contributed by atoms with E-state index in [1.165, 1.54) is 6.42 Å². The first-order valence-corrected chi connectivity index (χ1v) is 2.92. The van der Waals surface area contributed by atoms with Crippen LogP contribution in [0, 0.1) is 6.42 Å². The summed E-state index contributed by atoms with van der Waals surface area (Å²) in [7, 11) is 0. The van der Waals surface area contributed by atoms with E-state index in [1.54, 1.807) is 13.8 Å². The van der Waals surface area contributed by atoms with Crippen LogP contribution in [0.15, 0.2) is 0 Å². The van der Waals surface area contributed by atoms with Crippen LogP contribution in [0.5, 0.6) is 0 Å². The number of nitrogens with zero attached hydrogens (tertiary/aromatic N) is 1. The zero-order valence-corrected chi connectivity index (χ0v) is 9.65. The summed E-state index contributed by atoms with van der Waals surface area (Å²) in [5, 5.41) is 7.97. The third kappa shape index (κ3) is 128. The summed E-state index contributed by atoms with van der Waals surface area (Å²) in [6.07, 6.45) is 3.32. The molecule has 0 aliphatic rings. The van der Waals surface area contributed by atoms with Crippen molar-refractivity contribution in [2.45, 2.75) is 34.1 Å². The molecule has 0 aliphatic carbocycles. The molecular weight excluding hydrogens is 187 g/mol. The van der Waals surface area contributed by atoms with Crippen molar-refractivity contribution in [3.8, 4) is 0 Å². The molecule has 0 aromatic carbocycles. The predicted octanol–water partition coefficient (Wildman–Crippen LogP) is 2.65. The third-order valence-electron chi connectivity index (χ3n) is 0.408. The van der Waals surface area contributed by atoms with Crippen LogP contribution in [0.4, 0.5) is 0 Å². The quantitative estimate of drug-likeness (QED) is 0.460. The SMILES string of the molecule is CC(C)=[N-].C[CH-]CC.[Y+3]. The molecule has 50 valence electrons. The molecule has 2 heteroatoms. The normalized spacial score (nSPS) is 6.22. The first-order chi connectivity index (χ1) is 3.65. The maximum Gasteiger partial charge on any atom is 3.00 e. The Balaban J connectivity index is -0.0000000720. The summed E-state index contributed by atoms with van der Waals surface area (Å²) < 4.78 is 0. The van der Waals surface area contributed by atoms with Crippen molar-refractivity contribution in [1.82, 2.24) is 0 Å². The van der Waals surface area contributed by atoms with Crippen molar-refractivity contribution in [2.75, 3.05) is 0 Å². The molecule has 0 aromatic rings. The van der Waals surface area contributed by atoms with Crippen LogP contribution in [0.1, 0.15) is 34.1 Å². The van der Waals surface area contributed by atoms with Crippen LogP contribution in [0.3, 0.4) is 0 Å². The maximum absolute atomic E-state index is 7.97. The minimum absolute atomic E-state index is 0. The molecular formula is C7H15NY+. The van der Waals surface area contributed by atoms with Gasteiger partial charge in [-0.05, 0) is 0 Å². The van der Waals surface area contributed by atoms with Gasteiger partial charge in [-0.2, -0.15) is 13.3 Å². The van der Waals surface area contributed by atoms with Crippen molar-refractivity contribution in [3.05, 3.63) is 11.8 Å². The molecule has 0 amide bonds. The summed E-state index contributed by atoms with van der Waals surface area (Å²) >= 11 is 0. The topological polar surface area (TPSA) is 22.3 Å². The summed E-state index contributed by atoms with van der Waals surface area (Å²) in [5.41, 5.74) is 0.417. The van der Waals surface area contributed by atoms with E-state index in [-0.39, 0.29) is 32.7 Å². The van der Waals surface area contributed by atoms with Gasteiger partial charge in [0.2, 0.25) is 0 Å². The Morgan fingerprint density at radius 3 is 1.56 bits per heavy atom. The van der Waals surface area contributed by atoms with E-state index in [0.717, 1.165) is 0 Å². The van der Waals surface area contributed by atoms with Gasteiger partial charge in [0.05, 0.1) is 0 Å². The van der Waals surface area contributed by atoms with E-state index in [1.807, 2.05) is 0 Å². The second kappa shape index (κ2) is 15.9. The zero-order chi connectivity index (χ0) is 6.99. The molecule has 0 N–H and O–H groups in total. The number of rotatable bonds is 1. The molecule has 0 heterocycles. The van der Waals surface area contributed by atoms with E-state index >= 15 is 0 Å². The minimum Gasteiger partial charge on any atom is -0.812 e. The standard InChI is InChI=1S/C4H9.C3H6N.Y/c1-3-4-2;1-3(2)4;/h3H,4H2,1-2H3;1-2H3;/q2*-1;+3. The Hall–Kier alpha value is 0.774. The maximum atomic E-state index is 7.97. The van der Waals surface area contributed by atoms with E-state index in [9.17, 15) is 0 Å². The van der Waals surface area contributed by atoms with Crippen LogP contribution in [0.25, 0.3) is 5.41 Å². The summed E-state index contributed by atoms with van der Waals surface area (Å²) in [5.74, 6) is 0. The second-order valence-corrected chi connectivity index (χ2v) is 1.76. The predicted molar refractivity (Wildman–Crippen MR) is 40.0 cm³/mol. The average Bonchev–Trinajstić information content (AvgIpc) is 1.65. The molecule has 9 heavy (non-hydrogen) atoms. The van der Waals surface area contributed by atoms with Gasteiger partial charge in [0.1, 0.15) is 0 Å². The fraction of sp³-hybridized carbons (Fsp3) is 0.714. The summed E-state index contributed by atoms with van der Waals surface area (Å²) in [4.78, 5) is 0. The molecule has 0 aromatic heterocycles. The summed E-state index contributed by atoms with van der Waals surface area (Å²) in [6, 6.07) is 0. The minimum atomic E-state index is 0. The smallest absolute Gasteiger partial charge is 0.812 e. The van der Waals surface area contributed by atoms with Crippen LogP contribution in [0.2, 0.25) is 0 Å². The molecule has 0 bridgehead atoms. The number of unbranched alkanes of at least 4 members (excludes halogenated alkanes) is 1. The fourth-order valence-corrected chi connectivity index (χ4v) is 0. The molecule has 0 rings (SSSR count). The second-order valence-electron chi connectivity index (χ2n) is 1.76. The van der Waals surface area contributed by atoms with E-state index in [0.29, 0.717) is 5.71 Å². The van der Waals surface area contributed by atoms with Crippen molar-refractivity contribution in [3.63, 3.8) is 0 Å². The fourth-order valence-electron chi connectivity index (χ4n) is 0. The molecule has 1 nitrogen and oxygen atoms in total. The molecule has 0 fully saturated rings. The van der Waals surface area contributed by atoms with E-state index in [4.69, 9.17) is 5.41 Å². The number of hydrogen-bond acceptors (Lipinski definition) is 0. The summed E-state index contributed by atoms with van der Waals surface area (Å²) in [6.45, 7) is 7.46. The Labute approximate surface area is 84.0 Å². The first-order valence-electron chi connectivity index (χ1n) is 2.92. The molecule has 0 spiro atoms. The first kappa shape index (κ1) is 16.4. The molecule has 0 saturated carbocycles. The van der Waals surface area contributed by atoms with Gasteiger partial charge in [0.15, 0.2) is 0 Å². The molecule has 0 unspecified atom stereocenters. The van der Waals surface area contributed by atoms with Gasteiger partial charge in [-0.3, -0.25) is 0 Å². The van der Waals surface area contributed by atoms with Gasteiger partial charge in [-0.1, -0.05) is 20.8 Å². The van der Waals surface area contributed by atoms with Gasteiger partial charge in [-0.25, -0.2) is 5.71 Å². The van der Waals surface area contributed by atoms with Gasteiger partial charge in [0, 0.05) is 0 Å².